The van der Waals surface area contributed by atoms with Crippen LogP contribution in [0.25, 0.3) is 11.3 Å². The molecule has 0 saturated carbocycles. The summed E-state index contributed by atoms with van der Waals surface area (Å²) in [6, 6.07) is 6.85. The van der Waals surface area contributed by atoms with Crippen molar-refractivity contribution in [2.75, 3.05) is 18.6 Å². The molecule has 0 atom stereocenters. The lowest BCUT2D eigenvalue weighted by atomic mass is 10.0. The Balaban J connectivity index is 2.85. The Kier molecular flexibility index (Phi) is 4.05. The number of esters is 1. The van der Waals surface area contributed by atoms with Gasteiger partial charge in [-0.1, -0.05) is 22.0 Å². The topological polar surface area (TPSA) is 128 Å². The summed E-state index contributed by atoms with van der Waals surface area (Å²) in [4.78, 5) is 19.7. The molecule has 0 spiro atoms. The van der Waals surface area contributed by atoms with Crippen LogP contribution in [-0.4, -0.2) is 23.0 Å². The van der Waals surface area contributed by atoms with E-state index in [4.69, 9.17) is 16.2 Å². The SMILES string of the molecule is COC(=O)c1cccc(Br)c1-c1nc(N)nc(N)c1C#N. The summed E-state index contributed by atoms with van der Waals surface area (Å²) in [6.45, 7) is 0. The van der Waals surface area contributed by atoms with Gasteiger partial charge in [-0.3, -0.25) is 0 Å². The van der Waals surface area contributed by atoms with Crippen molar-refractivity contribution in [3.05, 3.63) is 33.8 Å². The van der Waals surface area contributed by atoms with Crippen LogP contribution < -0.4 is 11.5 Å². The van der Waals surface area contributed by atoms with Crippen molar-refractivity contribution in [1.29, 1.82) is 5.26 Å². The van der Waals surface area contributed by atoms with Gasteiger partial charge in [-0.25, -0.2) is 9.78 Å². The van der Waals surface area contributed by atoms with E-state index in [9.17, 15) is 10.1 Å². The van der Waals surface area contributed by atoms with Gasteiger partial charge in [0.1, 0.15) is 17.5 Å². The van der Waals surface area contributed by atoms with Gasteiger partial charge in [-0.05, 0) is 12.1 Å². The van der Waals surface area contributed by atoms with Crippen molar-refractivity contribution in [1.82, 2.24) is 9.97 Å². The normalized spacial score (nSPS) is 9.95. The number of rotatable bonds is 2. The summed E-state index contributed by atoms with van der Waals surface area (Å²) >= 11 is 3.33. The Morgan fingerprint density at radius 2 is 2.10 bits per heavy atom. The molecule has 8 heteroatoms. The van der Waals surface area contributed by atoms with Gasteiger partial charge >= 0.3 is 5.97 Å². The van der Waals surface area contributed by atoms with E-state index in [0.29, 0.717) is 10.0 Å². The van der Waals surface area contributed by atoms with Gasteiger partial charge in [0.05, 0.1) is 18.4 Å². The monoisotopic (exact) mass is 347 g/mol. The molecule has 2 rings (SSSR count). The minimum atomic E-state index is -0.564. The third-order valence-corrected chi connectivity index (χ3v) is 3.38. The smallest absolute Gasteiger partial charge is 0.338 e. The molecule has 0 fully saturated rings. The second kappa shape index (κ2) is 5.76. The quantitative estimate of drug-likeness (QED) is 0.791. The molecule has 0 unspecified atom stereocenters. The molecule has 0 aliphatic heterocycles. The van der Waals surface area contributed by atoms with E-state index in [2.05, 4.69) is 25.9 Å². The second-order valence-corrected chi connectivity index (χ2v) is 4.81. The molecule has 0 amide bonds. The Bertz CT molecular complexity index is 770. The number of carbonyl (C=O) groups excluding carboxylic acids is 1. The van der Waals surface area contributed by atoms with Crippen LogP contribution in [0.15, 0.2) is 22.7 Å². The molecule has 0 saturated heterocycles. The highest BCUT2D eigenvalue weighted by Crippen LogP contribution is 2.34. The molecule has 0 aliphatic rings. The molecule has 0 bridgehead atoms. The molecule has 0 radical (unpaired) electrons. The lowest BCUT2D eigenvalue weighted by Crippen LogP contribution is -2.09. The molecule has 2 aromatic rings. The predicted molar refractivity (Wildman–Crippen MR) is 80.0 cm³/mol. The number of nitriles is 1. The zero-order valence-corrected chi connectivity index (χ0v) is 12.5. The van der Waals surface area contributed by atoms with Crippen molar-refractivity contribution in [2.24, 2.45) is 0 Å². The third kappa shape index (κ3) is 2.64. The summed E-state index contributed by atoms with van der Waals surface area (Å²) in [5.74, 6) is -0.703. The van der Waals surface area contributed by atoms with Crippen LogP contribution in [0.5, 0.6) is 0 Å². The van der Waals surface area contributed by atoms with Crippen LogP contribution in [0, 0.1) is 11.3 Å². The molecule has 0 aliphatic carbocycles. The van der Waals surface area contributed by atoms with Crippen molar-refractivity contribution >= 4 is 33.7 Å². The van der Waals surface area contributed by atoms with Crippen LogP contribution in [-0.2, 0) is 4.74 Å². The van der Waals surface area contributed by atoms with E-state index in [1.807, 2.05) is 6.07 Å². The van der Waals surface area contributed by atoms with Crippen LogP contribution in [0.3, 0.4) is 0 Å². The maximum atomic E-state index is 11.9. The molecule has 7 nitrogen and oxygen atoms in total. The van der Waals surface area contributed by atoms with E-state index in [-0.39, 0.29) is 28.6 Å². The van der Waals surface area contributed by atoms with Gasteiger partial charge in [-0.15, -0.1) is 0 Å². The van der Waals surface area contributed by atoms with Crippen molar-refractivity contribution in [2.45, 2.75) is 0 Å². The van der Waals surface area contributed by atoms with Crippen molar-refractivity contribution < 1.29 is 9.53 Å². The minimum Gasteiger partial charge on any atom is -0.465 e. The first kappa shape index (κ1) is 14.7. The minimum absolute atomic E-state index is 0.0428. The summed E-state index contributed by atoms with van der Waals surface area (Å²) in [5, 5.41) is 9.25. The predicted octanol–water partition coefficient (Wildman–Crippen LogP) is 1.73. The maximum Gasteiger partial charge on any atom is 0.338 e. The number of halogens is 1. The largest absolute Gasteiger partial charge is 0.465 e. The molecule has 1 aromatic heterocycles. The lowest BCUT2D eigenvalue weighted by molar-refractivity contribution is 0.0601. The first-order valence-corrected chi connectivity index (χ1v) is 6.49. The lowest BCUT2D eigenvalue weighted by Gasteiger charge is -2.12. The van der Waals surface area contributed by atoms with E-state index in [1.165, 1.54) is 7.11 Å². The Labute approximate surface area is 128 Å². The Morgan fingerprint density at radius 3 is 2.71 bits per heavy atom. The molecule has 1 heterocycles. The van der Waals surface area contributed by atoms with Crippen LogP contribution in [0.4, 0.5) is 11.8 Å². The van der Waals surface area contributed by atoms with E-state index >= 15 is 0 Å². The Hall–Kier alpha value is -2.66. The molecule has 106 valence electrons. The van der Waals surface area contributed by atoms with Gasteiger partial charge in [0.25, 0.3) is 0 Å². The van der Waals surface area contributed by atoms with Crippen LogP contribution >= 0.6 is 15.9 Å². The highest BCUT2D eigenvalue weighted by atomic mass is 79.9. The molecule has 21 heavy (non-hydrogen) atoms. The summed E-state index contributed by atoms with van der Waals surface area (Å²) < 4.78 is 5.29. The van der Waals surface area contributed by atoms with Crippen LogP contribution in [0.2, 0.25) is 0 Å². The number of methoxy groups -OCH3 is 1. The van der Waals surface area contributed by atoms with Gasteiger partial charge < -0.3 is 16.2 Å². The van der Waals surface area contributed by atoms with Gasteiger partial charge in [0.15, 0.2) is 0 Å². The number of benzene rings is 1. The highest BCUT2D eigenvalue weighted by molar-refractivity contribution is 9.10. The summed E-state index contributed by atoms with van der Waals surface area (Å²) in [7, 11) is 1.26. The number of nitrogens with two attached hydrogens (primary N) is 2. The van der Waals surface area contributed by atoms with E-state index in [0.717, 1.165) is 0 Å². The van der Waals surface area contributed by atoms with Gasteiger partial charge in [0.2, 0.25) is 5.95 Å². The molecule has 1 aromatic carbocycles. The molecular weight excluding hydrogens is 338 g/mol. The summed E-state index contributed by atoms with van der Waals surface area (Å²) in [5.41, 5.74) is 12.1. The highest BCUT2D eigenvalue weighted by Gasteiger charge is 2.22. The zero-order valence-electron chi connectivity index (χ0n) is 10.9. The van der Waals surface area contributed by atoms with Gasteiger partial charge in [0, 0.05) is 10.0 Å². The zero-order chi connectivity index (χ0) is 15.6. The van der Waals surface area contributed by atoms with Crippen molar-refractivity contribution in [3.8, 4) is 17.3 Å². The number of ether oxygens (including phenoxy) is 1. The number of carbonyl (C=O) groups is 1. The number of hydrogen-bond acceptors (Lipinski definition) is 7. The fourth-order valence-electron chi connectivity index (χ4n) is 1.83. The van der Waals surface area contributed by atoms with Gasteiger partial charge in [-0.2, -0.15) is 10.2 Å². The number of nitrogens with zero attached hydrogens (tertiary/aromatic N) is 3. The summed E-state index contributed by atoms with van der Waals surface area (Å²) in [6.07, 6.45) is 0. The van der Waals surface area contributed by atoms with Crippen molar-refractivity contribution in [3.63, 3.8) is 0 Å². The van der Waals surface area contributed by atoms with Crippen LogP contribution in [0.1, 0.15) is 15.9 Å². The number of nitrogen functional groups attached to an aromatic ring is 2. The standard InChI is InChI=1S/C13H10BrN5O2/c1-21-12(20)6-3-2-4-8(14)9(6)10-7(5-15)11(16)19-13(17)18-10/h2-4H,1H3,(H4,16,17,18,19). The first-order valence-electron chi connectivity index (χ1n) is 5.69. The van der Waals surface area contributed by atoms with E-state index < -0.39 is 5.97 Å². The average molecular weight is 348 g/mol. The fraction of sp³-hybridized carbons (Fsp3) is 0.0769. The average Bonchev–Trinajstić information content (AvgIpc) is 2.45. The third-order valence-electron chi connectivity index (χ3n) is 2.72. The molecule has 4 N–H and O–H groups in total. The number of hydrogen-bond donors (Lipinski definition) is 2. The maximum absolute atomic E-state index is 11.9. The Morgan fingerprint density at radius 1 is 1.38 bits per heavy atom. The number of aromatic nitrogens is 2. The molecular formula is C13H10BrN5O2. The fourth-order valence-corrected chi connectivity index (χ4v) is 2.39. The second-order valence-electron chi connectivity index (χ2n) is 3.96. The number of anilines is 2. The van der Waals surface area contributed by atoms with E-state index in [1.54, 1.807) is 18.2 Å². The first-order chi connectivity index (χ1) is 9.99.